The van der Waals surface area contributed by atoms with Gasteiger partial charge in [-0.25, -0.2) is 4.99 Å². The van der Waals surface area contributed by atoms with Gasteiger partial charge in [-0.3, -0.25) is 0 Å². The molecule has 0 bridgehead atoms. The average Bonchev–Trinajstić information content (AvgIpc) is 3.02. The predicted octanol–water partition coefficient (Wildman–Crippen LogP) is 3.33. The number of nitrogens with zero attached hydrogens (tertiary/aromatic N) is 1. The molecule has 0 aliphatic carbocycles. The molecule has 0 unspecified atom stereocenters. The molecular weight excluding hydrogens is 322 g/mol. The van der Waals surface area contributed by atoms with Gasteiger partial charge in [0, 0.05) is 21.9 Å². The van der Waals surface area contributed by atoms with E-state index in [0.717, 1.165) is 36.1 Å². The summed E-state index contributed by atoms with van der Waals surface area (Å²) in [6.07, 6.45) is 0. The van der Waals surface area contributed by atoms with E-state index in [9.17, 15) is 0 Å². The summed E-state index contributed by atoms with van der Waals surface area (Å²) in [5, 5.41) is 6.63. The van der Waals surface area contributed by atoms with Crippen LogP contribution in [0.3, 0.4) is 0 Å². The summed E-state index contributed by atoms with van der Waals surface area (Å²) in [5.74, 6) is 2.24. The van der Waals surface area contributed by atoms with E-state index in [1.807, 2.05) is 18.2 Å². The van der Waals surface area contributed by atoms with Gasteiger partial charge in [-0.05, 0) is 32.0 Å². The summed E-state index contributed by atoms with van der Waals surface area (Å²) in [4.78, 5) is 7.26. The third kappa shape index (κ3) is 4.89. The summed E-state index contributed by atoms with van der Waals surface area (Å²) >= 11 is 1.79. The fraction of sp³-hybridized carbons (Fsp3) is 0.389. The first kappa shape index (κ1) is 18.1. The molecule has 6 heteroatoms. The Morgan fingerprint density at radius 3 is 2.58 bits per heavy atom. The van der Waals surface area contributed by atoms with Crippen LogP contribution in [0.1, 0.15) is 22.2 Å². The normalized spacial score (nSPS) is 11.2. The van der Waals surface area contributed by atoms with E-state index in [4.69, 9.17) is 9.47 Å². The molecule has 0 saturated carbocycles. The third-order valence-corrected chi connectivity index (χ3v) is 4.46. The highest BCUT2D eigenvalue weighted by Crippen LogP contribution is 2.31. The minimum absolute atomic E-state index is 0.513. The molecule has 0 radical (unpaired) electrons. The SMILES string of the molecule is CCNC(=NCc1cccc(OC)c1OC)NCc1ccc(C)s1. The zero-order valence-corrected chi connectivity index (χ0v) is 15.5. The van der Waals surface area contributed by atoms with Crippen LogP contribution in [0.2, 0.25) is 0 Å². The van der Waals surface area contributed by atoms with E-state index in [1.165, 1.54) is 9.75 Å². The summed E-state index contributed by atoms with van der Waals surface area (Å²) in [6, 6.07) is 10.1. The molecule has 2 rings (SSSR count). The molecule has 0 aliphatic heterocycles. The van der Waals surface area contributed by atoms with Crippen LogP contribution in [-0.2, 0) is 13.1 Å². The van der Waals surface area contributed by atoms with Gasteiger partial charge < -0.3 is 20.1 Å². The van der Waals surface area contributed by atoms with Crippen molar-refractivity contribution in [3.63, 3.8) is 0 Å². The van der Waals surface area contributed by atoms with Gasteiger partial charge in [0.15, 0.2) is 17.5 Å². The standard InChI is InChI=1S/C18H25N3O2S/c1-5-19-18(21-12-15-10-9-13(2)24-15)20-11-14-7-6-8-16(22-3)17(14)23-4/h6-10H,5,11-12H2,1-4H3,(H2,19,20,21). The molecule has 1 aromatic carbocycles. The Hall–Kier alpha value is -2.21. The van der Waals surface area contributed by atoms with Crippen LogP contribution in [0.5, 0.6) is 11.5 Å². The number of aliphatic imine (C=N–C) groups is 1. The number of hydrogen-bond donors (Lipinski definition) is 2. The highest BCUT2D eigenvalue weighted by atomic mass is 32.1. The molecule has 5 nitrogen and oxygen atoms in total. The Balaban J connectivity index is 2.07. The summed E-state index contributed by atoms with van der Waals surface area (Å²) < 4.78 is 10.8. The molecule has 2 N–H and O–H groups in total. The average molecular weight is 347 g/mol. The van der Waals surface area contributed by atoms with Crippen molar-refractivity contribution >= 4 is 17.3 Å². The van der Waals surface area contributed by atoms with E-state index in [2.05, 4.69) is 41.6 Å². The van der Waals surface area contributed by atoms with Crippen LogP contribution in [0, 0.1) is 6.92 Å². The van der Waals surface area contributed by atoms with Gasteiger partial charge in [0.1, 0.15) is 0 Å². The monoisotopic (exact) mass is 347 g/mol. The zero-order chi connectivity index (χ0) is 17.4. The Bertz CT molecular complexity index is 683. The molecular formula is C18H25N3O2S. The van der Waals surface area contributed by atoms with Gasteiger partial charge in [0.25, 0.3) is 0 Å². The maximum atomic E-state index is 5.46. The lowest BCUT2D eigenvalue weighted by molar-refractivity contribution is 0.352. The van der Waals surface area contributed by atoms with Crippen molar-refractivity contribution in [2.75, 3.05) is 20.8 Å². The quantitative estimate of drug-likeness (QED) is 0.596. The molecule has 2 aromatic rings. The number of para-hydroxylation sites is 1. The molecule has 0 aliphatic rings. The van der Waals surface area contributed by atoms with Crippen molar-refractivity contribution in [1.82, 2.24) is 10.6 Å². The summed E-state index contributed by atoms with van der Waals surface area (Å²) in [5.41, 5.74) is 0.987. The maximum Gasteiger partial charge on any atom is 0.191 e. The number of rotatable bonds is 7. The molecule has 0 saturated heterocycles. The summed E-state index contributed by atoms with van der Waals surface area (Å²) in [7, 11) is 3.28. The van der Waals surface area contributed by atoms with Gasteiger partial charge in [0.2, 0.25) is 0 Å². The number of hydrogen-bond acceptors (Lipinski definition) is 4. The Labute approximate surface area is 147 Å². The minimum Gasteiger partial charge on any atom is -0.493 e. The molecule has 1 aromatic heterocycles. The van der Waals surface area contributed by atoms with Crippen LogP contribution in [0.15, 0.2) is 35.3 Å². The molecule has 0 atom stereocenters. The van der Waals surface area contributed by atoms with Crippen molar-refractivity contribution in [3.05, 3.63) is 45.6 Å². The molecule has 0 spiro atoms. The fourth-order valence-corrected chi connectivity index (χ4v) is 3.17. The van der Waals surface area contributed by atoms with Crippen molar-refractivity contribution in [3.8, 4) is 11.5 Å². The van der Waals surface area contributed by atoms with Gasteiger partial charge in [-0.15, -0.1) is 11.3 Å². The van der Waals surface area contributed by atoms with Gasteiger partial charge in [-0.2, -0.15) is 0 Å². The topological polar surface area (TPSA) is 54.9 Å². The number of nitrogens with one attached hydrogen (secondary N) is 2. The molecule has 0 fully saturated rings. The number of methoxy groups -OCH3 is 2. The first-order valence-electron chi connectivity index (χ1n) is 7.95. The van der Waals surface area contributed by atoms with Gasteiger partial charge >= 0.3 is 0 Å². The fourth-order valence-electron chi connectivity index (χ4n) is 2.34. The highest BCUT2D eigenvalue weighted by molar-refractivity contribution is 7.11. The second kappa shape index (κ2) is 9.17. The first-order chi connectivity index (χ1) is 11.7. The highest BCUT2D eigenvalue weighted by Gasteiger charge is 2.09. The number of benzene rings is 1. The van der Waals surface area contributed by atoms with Crippen LogP contribution in [-0.4, -0.2) is 26.7 Å². The van der Waals surface area contributed by atoms with E-state index in [0.29, 0.717) is 6.54 Å². The van der Waals surface area contributed by atoms with Gasteiger partial charge in [0.05, 0.1) is 27.3 Å². The summed E-state index contributed by atoms with van der Waals surface area (Å²) in [6.45, 7) is 6.25. The van der Waals surface area contributed by atoms with Gasteiger partial charge in [-0.1, -0.05) is 12.1 Å². The molecule has 24 heavy (non-hydrogen) atoms. The Morgan fingerprint density at radius 1 is 1.12 bits per heavy atom. The lowest BCUT2D eigenvalue weighted by atomic mass is 10.2. The second-order valence-corrected chi connectivity index (χ2v) is 6.59. The Morgan fingerprint density at radius 2 is 1.96 bits per heavy atom. The Kier molecular flexibility index (Phi) is 6.93. The van der Waals surface area contributed by atoms with E-state index in [1.54, 1.807) is 25.6 Å². The third-order valence-electron chi connectivity index (χ3n) is 3.46. The number of thiophene rings is 1. The van der Waals surface area contributed by atoms with Crippen LogP contribution >= 0.6 is 11.3 Å². The molecule has 0 amide bonds. The number of aryl methyl sites for hydroxylation is 1. The maximum absolute atomic E-state index is 5.46. The van der Waals surface area contributed by atoms with E-state index < -0.39 is 0 Å². The second-order valence-electron chi connectivity index (χ2n) is 5.21. The van der Waals surface area contributed by atoms with Crippen LogP contribution in [0.4, 0.5) is 0 Å². The lowest BCUT2D eigenvalue weighted by Crippen LogP contribution is -2.36. The van der Waals surface area contributed by atoms with Crippen molar-refractivity contribution < 1.29 is 9.47 Å². The van der Waals surface area contributed by atoms with Crippen molar-refractivity contribution in [2.45, 2.75) is 26.9 Å². The lowest BCUT2D eigenvalue weighted by Gasteiger charge is -2.13. The van der Waals surface area contributed by atoms with Crippen molar-refractivity contribution in [2.24, 2.45) is 4.99 Å². The molecule has 1 heterocycles. The zero-order valence-electron chi connectivity index (χ0n) is 14.7. The number of guanidine groups is 1. The predicted molar refractivity (Wildman–Crippen MR) is 100 cm³/mol. The van der Waals surface area contributed by atoms with E-state index >= 15 is 0 Å². The van der Waals surface area contributed by atoms with Crippen LogP contribution < -0.4 is 20.1 Å². The van der Waals surface area contributed by atoms with Crippen LogP contribution in [0.25, 0.3) is 0 Å². The number of ether oxygens (including phenoxy) is 2. The largest absolute Gasteiger partial charge is 0.493 e. The smallest absolute Gasteiger partial charge is 0.191 e. The van der Waals surface area contributed by atoms with Crippen molar-refractivity contribution in [1.29, 1.82) is 0 Å². The first-order valence-corrected chi connectivity index (χ1v) is 8.77. The minimum atomic E-state index is 0.513. The molecule has 130 valence electrons. The van der Waals surface area contributed by atoms with E-state index in [-0.39, 0.29) is 0 Å².